The van der Waals surface area contributed by atoms with E-state index < -0.39 is 12.1 Å². The molecule has 0 radical (unpaired) electrons. The summed E-state index contributed by atoms with van der Waals surface area (Å²) in [5, 5.41) is 0. The van der Waals surface area contributed by atoms with Crippen molar-refractivity contribution in [2.45, 2.75) is 44.7 Å². The predicted molar refractivity (Wildman–Crippen MR) is 105 cm³/mol. The van der Waals surface area contributed by atoms with E-state index in [0.29, 0.717) is 18.8 Å². The molecule has 2 aliphatic heterocycles. The van der Waals surface area contributed by atoms with Gasteiger partial charge in [0.15, 0.2) is 12.1 Å². The molecular weight excluding hydrogens is 372 g/mol. The van der Waals surface area contributed by atoms with Crippen molar-refractivity contribution < 1.29 is 28.5 Å². The Morgan fingerprint density at radius 3 is 2.38 bits per heavy atom. The van der Waals surface area contributed by atoms with Crippen LogP contribution in [0.3, 0.4) is 0 Å². The molecule has 0 bridgehead atoms. The zero-order chi connectivity index (χ0) is 20.3. The minimum absolute atomic E-state index is 0.174. The molecule has 6 heteroatoms. The van der Waals surface area contributed by atoms with Gasteiger partial charge in [-0.05, 0) is 31.5 Å². The van der Waals surface area contributed by atoms with E-state index in [0.717, 1.165) is 5.56 Å². The molecule has 4 rings (SSSR count). The molecule has 2 fully saturated rings. The summed E-state index contributed by atoms with van der Waals surface area (Å²) < 4.78 is 29.4. The van der Waals surface area contributed by atoms with Gasteiger partial charge in [-0.25, -0.2) is 4.79 Å². The van der Waals surface area contributed by atoms with Crippen LogP contribution in [0.1, 0.15) is 29.8 Å². The molecule has 2 heterocycles. The molecule has 0 amide bonds. The van der Waals surface area contributed by atoms with Crippen molar-refractivity contribution >= 4 is 5.97 Å². The van der Waals surface area contributed by atoms with Crippen molar-refractivity contribution in [2.75, 3.05) is 13.2 Å². The van der Waals surface area contributed by atoms with E-state index in [1.54, 1.807) is 12.1 Å². The van der Waals surface area contributed by atoms with Crippen LogP contribution in [0.5, 0.6) is 0 Å². The van der Waals surface area contributed by atoms with Gasteiger partial charge in [0.2, 0.25) is 0 Å². The number of carbonyl (C=O) groups is 1. The van der Waals surface area contributed by atoms with Crippen molar-refractivity contribution in [3.05, 3.63) is 71.8 Å². The largest absolute Gasteiger partial charge is 0.462 e. The maximum Gasteiger partial charge on any atom is 0.338 e. The van der Waals surface area contributed by atoms with Crippen LogP contribution in [0, 0.1) is 5.92 Å². The van der Waals surface area contributed by atoms with Crippen LogP contribution in [-0.4, -0.2) is 43.5 Å². The normalized spacial score (nSPS) is 27.5. The van der Waals surface area contributed by atoms with Crippen LogP contribution in [-0.2, 0) is 30.3 Å². The molecule has 2 saturated heterocycles. The SMILES string of the molecule is CC1(C)O[C@H]2O[C@H](COCc3ccccc3)[C@@H](COC(=O)c3ccccc3)[C@H]2O1. The fraction of sp³-hybridized carbons (Fsp3) is 0.435. The highest BCUT2D eigenvalue weighted by atomic mass is 16.8. The van der Waals surface area contributed by atoms with Crippen molar-refractivity contribution in [1.29, 1.82) is 0 Å². The number of benzene rings is 2. The third-order valence-electron chi connectivity index (χ3n) is 5.11. The maximum atomic E-state index is 12.4. The molecule has 0 aliphatic carbocycles. The Labute approximate surface area is 170 Å². The second kappa shape index (κ2) is 8.63. The number of hydrogen-bond acceptors (Lipinski definition) is 6. The number of esters is 1. The van der Waals surface area contributed by atoms with Gasteiger partial charge in [-0.1, -0.05) is 48.5 Å². The van der Waals surface area contributed by atoms with Crippen molar-refractivity contribution in [2.24, 2.45) is 5.92 Å². The Bertz CT molecular complexity index is 807. The molecule has 0 N–H and O–H groups in total. The molecule has 0 saturated carbocycles. The third kappa shape index (κ3) is 4.85. The molecule has 154 valence electrons. The summed E-state index contributed by atoms with van der Waals surface area (Å²) in [6, 6.07) is 18.9. The summed E-state index contributed by atoms with van der Waals surface area (Å²) in [4.78, 5) is 12.4. The number of hydrogen-bond donors (Lipinski definition) is 0. The quantitative estimate of drug-likeness (QED) is 0.665. The van der Waals surface area contributed by atoms with E-state index in [9.17, 15) is 4.79 Å². The lowest BCUT2D eigenvalue weighted by atomic mass is 10.00. The predicted octanol–water partition coefficient (Wildman–Crippen LogP) is 3.55. The Kier molecular flexibility index (Phi) is 5.96. The number of carbonyl (C=O) groups excluding carboxylic acids is 1. The summed E-state index contributed by atoms with van der Waals surface area (Å²) in [7, 11) is 0. The van der Waals surface area contributed by atoms with Gasteiger partial charge >= 0.3 is 5.97 Å². The summed E-state index contributed by atoms with van der Waals surface area (Å²) in [5.41, 5.74) is 1.61. The first kappa shape index (κ1) is 20.0. The van der Waals surface area contributed by atoms with Crippen LogP contribution < -0.4 is 0 Å². The fourth-order valence-electron chi connectivity index (χ4n) is 3.70. The zero-order valence-corrected chi connectivity index (χ0v) is 16.7. The second-order valence-electron chi connectivity index (χ2n) is 7.77. The van der Waals surface area contributed by atoms with Gasteiger partial charge in [0, 0.05) is 0 Å². The summed E-state index contributed by atoms with van der Waals surface area (Å²) in [5.74, 6) is -1.27. The van der Waals surface area contributed by atoms with E-state index in [2.05, 4.69) is 0 Å². The first-order valence-corrected chi connectivity index (χ1v) is 9.87. The molecule has 2 aromatic carbocycles. The van der Waals surface area contributed by atoms with Crippen molar-refractivity contribution in [3.8, 4) is 0 Å². The highest BCUT2D eigenvalue weighted by Crippen LogP contribution is 2.41. The molecule has 6 nitrogen and oxygen atoms in total. The Hall–Kier alpha value is -2.25. The molecule has 4 atom stereocenters. The zero-order valence-electron chi connectivity index (χ0n) is 16.7. The molecule has 0 spiro atoms. The molecule has 29 heavy (non-hydrogen) atoms. The number of rotatable bonds is 7. The lowest BCUT2D eigenvalue weighted by Crippen LogP contribution is -2.36. The lowest BCUT2D eigenvalue weighted by Gasteiger charge is -2.25. The first-order chi connectivity index (χ1) is 14.0. The topological polar surface area (TPSA) is 63.2 Å². The average molecular weight is 398 g/mol. The van der Waals surface area contributed by atoms with Gasteiger partial charge in [-0.15, -0.1) is 0 Å². The van der Waals surface area contributed by atoms with Crippen LogP contribution in [0.2, 0.25) is 0 Å². The summed E-state index contributed by atoms with van der Waals surface area (Å²) in [6.07, 6.45) is -1.08. The van der Waals surface area contributed by atoms with E-state index in [1.807, 2.05) is 62.4 Å². The van der Waals surface area contributed by atoms with E-state index in [-0.39, 0.29) is 30.7 Å². The van der Waals surface area contributed by atoms with Crippen molar-refractivity contribution in [1.82, 2.24) is 0 Å². The number of fused-ring (bicyclic) bond motifs is 1. The van der Waals surface area contributed by atoms with E-state index >= 15 is 0 Å². The minimum Gasteiger partial charge on any atom is -0.462 e. The Morgan fingerprint density at radius 1 is 0.966 bits per heavy atom. The molecule has 2 aromatic rings. The Morgan fingerprint density at radius 2 is 1.66 bits per heavy atom. The second-order valence-corrected chi connectivity index (χ2v) is 7.77. The molecule has 0 aromatic heterocycles. The lowest BCUT2D eigenvalue weighted by molar-refractivity contribution is -0.216. The summed E-state index contributed by atoms with van der Waals surface area (Å²) in [6.45, 7) is 4.72. The fourth-order valence-corrected chi connectivity index (χ4v) is 3.70. The maximum absolute atomic E-state index is 12.4. The monoisotopic (exact) mass is 398 g/mol. The van der Waals surface area contributed by atoms with Gasteiger partial charge in [0.25, 0.3) is 0 Å². The Balaban J connectivity index is 1.38. The number of ether oxygens (including phenoxy) is 5. The van der Waals surface area contributed by atoms with Crippen molar-refractivity contribution in [3.63, 3.8) is 0 Å². The van der Waals surface area contributed by atoms with Gasteiger partial charge in [-0.2, -0.15) is 0 Å². The summed E-state index contributed by atoms with van der Waals surface area (Å²) >= 11 is 0. The van der Waals surface area contributed by atoms with Gasteiger partial charge in [0.05, 0.1) is 37.4 Å². The molecule has 0 unspecified atom stereocenters. The first-order valence-electron chi connectivity index (χ1n) is 9.87. The molecular formula is C23H26O6. The average Bonchev–Trinajstić information content (AvgIpc) is 3.19. The molecule has 2 aliphatic rings. The highest BCUT2D eigenvalue weighted by molar-refractivity contribution is 5.89. The van der Waals surface area contributed by atoms with Gasteiger partial charge in [0.1, 0.15) is 6.10 Å². The van der Waals surface area contributed by atoms with E-state index in [1.165, 1.54) is 0 Å². The van der Waals surface area contributed by atoms with Crippen LogP contribution in [0.25, 0.3) is 0 Å². The minimum atomic E-state index is -0.729. The van der Waals surface area contributed by atoms with Crippen LogP contribution in [0.15, 0.2) is 60.7 Å². The van der Waals surface area contributed by atoms with Crippen LogP contribution >= 0.6 is 0 Å². The standard InChI is InChI=1S/C23H26O6/c1-23(2)28-20-18(14-26-21(24)17-11-7-4-8-12-17)19(27-22(20)29-23)15-25-13-16-9-5-3-6-10-16/h3-12,18-20,22H,13-15H2,1-2H3/t18-,19-,20-,22-/m1/s1. The van der Waals surface area contributed by atoms with E-state index in [4.69, 9.17) is 23.7 Å². The smallest absolute Gasteiger partial charge is 0.338 e. The van der Waals surface area contributed by atoms with Crippen LogP contribution in [0.4, 0.5) is 0 Å². The third-order valence-corrected chi connectivity index (χ3v) is 5.11. The van der Waals surface area contributed by atoms with Gasteiger partial charge in [-0.3, -0.25) is 0 Å². The van der Waals surface area contributed by atoms with Gasteiger partial charge < -0.3 is 23.7 Å². The highest BCUT2D eigenvalue weighted by Gasteiger charge is 2.55.